The fourth-order valence-electron chi connectivity index (χ4n) is 2.82. The number of nitrogens with zero attached hydrogens (tertiary/aromatic N) is 1. The van der Waals surface area contributed by atoms with Gasteiger partial charge in [-0.25, -0.2) is 18.4 Å². The number of rotatable bonds is 5. The Balaban J connectivity index is 1.60. The molecule has 0 saturated carbocycles. The van der Waals surface area contributed by atoms with E-state index >= 15 is 0 Å². The minimum atomic E-state index is -3.83. The van der Waals surface area contributed by atoms with Crippen LogP contribution in [-0.4, -0.2) is 38.9 Å². The fourth-order valence-corrected chi connectivity index (χ4v) is 3.38. The average Bonchev–Trinajstić information content (AvgIpc) is 3.16. The number of nitrogens with one attached hydrogen (secondary N) is 2. The second-order valence-electron chi connectivity index (χ2n) is 6.21. The van der Waals surface area contributed by atoms with E-state index in [4.69, 9.17) is 14.4 Å². The van der Waals surface area contributed by atoms with E-state index in [1.807, 2.05) is 13.0 Å². The molecule has 2 heterocycles. The van der Waals surface area contributed by atoms with Gasteiger partial charge >= 0.3 is 6.03 Å². The van der Waals surface area contributed by atoms with Crippen LogP contribution >= 0.6 is 0 Å². The number of carbonyl (C=O) groups is 1. The van der Waals surface area contributed by atoms with Crippen LogP contribution in [-0.2, 0) is 21.2 Å². The van der Waals surface area contributed by atoms with E-state index in [0.29, 0.717) is 25.3 Å². The number of aromatic nitrogens is 1. The minimum absolute atomic E-state index is 0.0591. The van der Waals surface area contributed by atoms with E-state index in [1.165, 1.54) is 18.2 Å². The molecule has 140 valence electrons. The Bertz CT molecular complexity index is 896. The smallest absolute Gasteiger partial charge is 0.319 e. The summed E-state index contributed by atoms with van der Waals surface area (Å²) in [4.78, 5) is 12.2. The predicted octanol–water partition coefficient (Wildman–Crippen LogP) is 1.01. The second kappa shape index (κ2) is 7.44. The number of hydrogen-bond acceptors (Lipinski definition) is 6. The number of ether oxygens (including phenoxy) is 1. The molecule has 1 fully saturated rings. The summed E-state index contributed by atoms with van der Waals surface area (Å²) < 4.78 is 33.5. The first kappa shape index (κ1) is 18.4. The Morgan fingerprint density at radius 3 is 2.85 bits per heavy atom. The molecule has 2 amide bonds. The molecule has 3 rings (SSSR count). The van der Waals surface area contributed by atoms with Crippen LogP contribution in [0.5, 0.6) is 0 Å². The minimum Gasteiger partial charge on any atom is -0.379 e. The molecular formula is C16H20N4O5S. The third kappa shape index (κ3) is 4.59. The molecule has 2 aromatic rings. The number of aryl methyl sites for hydroxylation is 1. The Morgan fingerprint density at radius 2 is 2.15 bits per heavy atom. The van der Waals surface area contributed by atoms with Crippen LogP contribution in [0.25, 0.3) is 0 Å². The molecule has 1 aromatic carbocycles. The number of nitrogens with two attached hydrogens (primary N) is 1. The molecule has 1 aromatic heterocycles. The van der Waals surface area contributed by atoms with Crippen LogP contribution in [0.3, 0.4) is 0 Å². The normalized spacial score (nSPS) is 20.1. The van der Waals surface area contributed by atoms with Gasteiger partial charge in [-0.3, -0.25) is 0 Å². The van der Waals surface area contributed by atoms with Gasteiger partial charge in [-0.1, -0.05) is 11.2 Å². The summed E-state index contributed by atoms with van der Waals surface area (Å²) >= 11 is 0. The summed E-state index contributed by atoms with van der Waals surface area (Å²) in [6.07, 6.45) is 0.604. The third-order valence-electron chi connectivity index (χ3n) is 4.08. The lowest BCUT2D eigenvalue weighted by Crippen LogP contribution is -2.42. The lowest BCUT2D eigenvalue weighted by Gasteiger charge is -2.18. The van der Waals surface area contributed by atoms with Crippen molar-refractivity contribution in [3.05, 3.63) is 41.8 Å². The van der Waals surface area contributed by atoms with Gasteiger partial charge in [0.05, 0.1) is 29.8 Å². The molecule has 1 saturated heterocycles. The Kier molecular flexibility index (Phi) is 5.25. The van der Waals surface area contributed by atoms with Gasteiger partial charge in [-0.2, -0.15) is 0 Å². The largest absolute Gasteiger partial charge is 0.379 e. The van der Waals surface area contributed by atoms with Crippen LogP contribution in [0.1, 0.15) is 11.5 Å². The van der Waals surface area contributed by atoms with Gasteiger partial charge in [-0.05, 0) is 25.1 Å². The predicted molar refractivity (Wildman–Crippen MR) is 93.0 cm³/mol. The van der Waals surface area contributed by atoms with Gasteiger partial charge in [0.2, 0.25) is 10.0 Å². The molecule has 1 aliphatic rings. The Labute approximate surface area is 150 Å². The van der Waals surface area contributed by atoms with Gasteiger partial charge < -0.3 is 19.9 Å². The van der Waals surface area contributed by atoms with Crippen molar-refractivity contribution in [2.75, 3.05) is 18.5 Å². The molecule has 1 aliphatic heterocycles. The van der Waals surface area contributed by atoms with Crippen molar-refractivity contribution >= 4 is 21.7 Å². The van der Waals surface area contributed by atoms with E-state index in [1.54, 1.807) is 6.07 Å². The zero-order chi connectivity index (χ0) is 18.7. The van der Waals surface area contributed by atoms with Crippen LogP contribution in [0.2, 0.25) is 0 Å². The Morgan fingerprint density at radius 1 is 1.35 bits per heavy atom. The van der Waals surface area contributed by atoms with Crippen LogP contribution < -0.4 is 15.8 Å². The fraction of sp³-hybridized carbons (Fsp3) is 0.375. The van der Waals surface area contributed by atoms with Crippen molar-refractivity contribution in [1.82, 2.24) is 10.5 Å². The summed E-state index contributed by atoms with van der Waals surface area (Å²) in [5, 5.41) is 14.4. The summed E-state index contributed by atoms with van der Waals surface area (Å²) in [5.74, 6) is 0.801. The standard InChI is InChI=1S/C16H20N4O5S/c1-10-5-13(25-20-10)6-11-8-24-9-15(11)19-16(21)18-12-3-2-4-14(7-12)26(17,22)23/h2-5,7,11,15H,6,8-9H2,1H3,(H2,17,22,23)(H2,18,19,21)/t11-,15+/m1/s1. The molecule has 9 nitrogen and oxygen atoms in total. The van der Waals surface area contributed by atoms with E-state index in [0.717, 1.165) is 11.5 Å². The van der Waals surface area contributed by atoms with Crippen LogP contribution in [0.4, 0.5) is 10.5 Å². The first-order valence-electron chi connectivity index (χ1n) is 8.01. The molecule has 2 atom stereocenters. The topological polar surface area (TPSA) is 137 Å². The molecule has 0 unspecified atom stereocenters. The zero-order valence-electron chi connectivity index (χ0n) is 14.1. The Hall–Kier alpha value is -2.43. The highest BCUT2D eigenvalue weighted by molar-refractivity contribution is 7.89. The molecule has 0 spiro atoms. The second-order valence-corrected chi connectivity index (χ2v) is 7.78. The summed E-state index contributed by atoms with van der Waals surface area (Å²) in [6, 6.07) is 6.95. The maximum atomic E-state index is 12.2. The number of hydrogen-bond donors (Lipinski definition) is 3. The molecule has 26 heavy (non-hydrogen) atoms. The third-order valence-corrected chi connectivity index (χ3v) is 4.99. The molecule has 0 aliphatic carbocycles. The van der Waals surface area contributed by atoms with Crippen LogP contribution in [0, 0.1) is 12.8 Å². The maximum Gasteiger partial charge on any atom is 0.319 e. The van der Waals surface area contributed by atoms with Crippen molar-refractivity contribution in [3.8, 4) is 0 Å². The van der Waals surface area contributed by atoms with Gasteiger partial charge in [0.1, 0.15) is 5.76 Å². The van der Waals surface area contributed by atoms with Gasteiger partial charge in [0, 0.05) is 24.1 Å². The molecule has 4 N–H and O–H groups in total. The lowest BCUT2D eigenvalue weighted by atomic mass is 9.98. The van der Waals surface area contributed by atoms with Crippen molar-refractivity contribution in [2.24, 2.45) is 11.1 Å². The zero-order valence-corrected chi connectivity index (χ0v) is 15.0. The number of amides is 2. The molecular weight excluding hydrogens is 360 g/mol. The molecule has 0 radical (unpaired) electrons. The first-order valence-corrected chi connectivity index (χ1v) is 9.56. The highest BCUT2D eigenvalue weighted by atomic mass is 32.2. The monoisotopic (exact) mass is 380 g/mol. The van der Waals surface area contributed by atoms with E-state index < -0.39 is 16.1 Å². The van der Waals surface area contributed by atoms with Crippen molar-refractivity contribution in [2.45, 2.75) is 24.3 Å². The van der Waals surface area contributed by atoms with Gasteiger partial charge in [0.15, 0.2) is 0 Å². The lowest BCUT2D eigenvalue weighted by molar-refractivity contribution is 0.181. The van der Waals surface area contributed by atoms with E-state index in [9.17, 15) is 13.2 Å². The summed E-state index contributed by atoms with van der Waals surface area (Å²) in [5.41, 5.74) is 1.13. The summed E-state index contributed by atoms with van der Waals surface area (Å²) in [7, 11) is -3.83. The summed E-state index contributed by atoms with van der Waals surface area (Å²) in [6.45, 7) is 2.74. The van der Waals surface area contributed by atoms with Crippen molar-refractivity contribution < 1.29 is 22.5 Å². The van der Waals surface area contributed by atoms with Gasteiger partial charge in [0.25, 0.3) is 0 Å². The number of sulfonamides is 1. The SMILES string of the molecule is Cc1cc(C[C@@H]2COC[C@@H]2NC(=O)Nc2cccc(S(N)(=O)=O)c2)on1. The van der Waals surface area contributed by atoms with Crippen molar-refractivity contribution in [3.63, 3.8) is 0 Å². The van der Waals surface area contributed by atoms with E-state index in [2.05, 4.69) is 15.8 Å². The number of carbonyl (C=O) groups excluding carboxylic acids is 1. The quantitative estimate of drug-likeness (QED) is 0.708. The highest BCUT2D eigenvalue weighted by Crippen LogP contribution is 2.20. The first-order chi connectivity index (χ1) is 12.3. The molecule has 0 bridgehead atoms. The van der Waals surface area contributed by atoms with Crippen LogP contribution in [0.15, 0.2) is 39.8 Å². The van der Waals surface area contributed by atoms with Crippen molar-refractivity contribution in [1.29, 1.82) is 0 Å². The van der Waals surface area contributed by atoms with Gasteiger partial charge in [-0.15, -0.1) is 0 Å². The average molecular weight is 380 g/mol. The number of anilines is 1. The van der Waals surface area contributed by atoms with E-state index in [-0.39, 0.29) is 16.9 Å². The number of primary sulfonamides is 1. The number of urea groups is 1. The maximum absolute atomic E-state index is 12.2. The highest BCUT2D eigenvalue weighted by Gasteiger charge is 2.30. The molecule has 10 heteroatoms. The number of benzene rings is 1.